The van der Waals surface area contributed by atoms with Gasteiger partial charge in [0.05, 0.1) is 11.7 Å². The summed E-state index contributed by atoms with van der Waals surface area (Å²) in [6.07, 6.45) is 2.65. The van der Waals surface area contributed by atoms with Crippen molar-refractivity contribution >= 4 is 23.2 Å². The van der Waals surface area contributed by atoms with E-state index in [0.717, 1.165) is 22.7 Å². The first kappa shape index (κ1) is 15.3. The van der Waals surface area contributed by atoms with Crippen LogP contribution in [0.4, 0.5) is 0 Å². The van der Waals surface area contributed by atoms with Crippen molar-refractivity contribution < 1.29 is 0 Å². The molecule has 1 atom stereocenters. The molecule has 0 bridgehead atoms. The number of pyridine rings is 1. The van der Waals surface area contributed by atoms with Gasteiger partial charge in [0.25, 0.3) is 0 Å². The Morgan fingerprint density at radius 1 is 1.20 bits per heavy atom. The van der Waals surface area contributed by atoms with Gasteiger partial charge in [0.15, 0.2) is 0 Å². The molecule has 2 rings (SSSR count). The van der Waals surface area contributed by atoms with Gasteiger partial charge in [-0.3, -0.25) is 4.98 Å². The molecule has 2 nitrogen and oxygen atoms in total. The number of hydrogen-bond acceptors (Lipinski definition) is 2. The van der Waals surface area contributed by atoms with Crippen molar-refractivity contribution in [1.29, 1.82) is 0 Å². The van der Waals surface area contributed by atoms with Crippen LogP contribution >= 0.6 is 23.2 Å². The van der Waals surface area contributed by atoms with Crippen LogP contribution in [0.1, 0.15) is 28.4 Å². The summed E-state index contributed by atoms with van der Waals surface area (Å²) < 4.78 is 0. The smallest absolute Gasteiger partial charge is 0.0605 e. The number of nitrogens with zero attached hydrogens (tertiary/aromatic N) is 1. The minimum absolute atomic E-state index is 0.117. The first-order valence-corrected chi connectivity index (χ1v) is 7.31. The van der Waals surface area contributed by atoms with E-state index in [4.69, 9.17) is 23.2 Å². The molecule has 20 heavy (non-hydrogen) atoms. The second kappa shape index (κ2) is 6.57. The van der Waals surface area contributed by atoms with Crippen molar-refractivity contribution in [1.82, 2.24) is 10.3 Å². The van der Waals surface area contributed by atoms with E-state index in [1.807, 2.05) is 32.3 Å². The number of halogens is 2. The highest BCUT2D eigenvalue weighted by Crippen LogP contribution is 2.26. The van der Waals surface area contributed by atoms with Crippen LogP contribution in [-0.2, 0) is 6.42 Å². The number of aryl methyl sites for hydroxylation is 2. The molecule has 0 spiro atoms. The predicted molar refractivity (Wildman–Crippen MR) is 85.7 cm³/mol. The monoisotopic (exact) mass is 308 g/mol. The van der Waals surface area contributed by atoms with Gasteiger partial charge in [-0.05, 0) is 62.2 Å². The maximum absolute atomic E-state index is 6.24. The number of benzene rings is 1. The third kappa shape index (κ3) is 3.51. The zero-order valence-corrected chi connectivity index (χ0v) is 13.4. The number of hydrogen-bond donors (Lipinski definition) is 1. The minimum Gasteiger partial charge on any atom is -0.311 e. The number of aromatic nitrogens is 1. The highest BCUT2D eigenvalue weighted by atomic mass is 35.5. The molecule has 0 aliphatic rings. The molecule has 1 aromatic carbocycles. The third-order valence-electron chi connectivity index (χ3n) is 3.37. The van der Waals surface area contributed by atoms with Crippen LogP contribution in [0.3, 0.4) is 0 Å². The first-order valence-electron chi connectivity index (χ1n) is 6.55. The molecular formula is C16H18Cl2N2. The summed E-state index contributed by atoms with van der Waals surface area (Å²) >= 11 is 12.3. The molecule has 0 aliphatic carbocycles. The SMILES string of the molecule is CNC(Cc1cc(Cl)ccc1Cl)c1ncc(C)cc1C. The zero-order valence-electron chi connectivity index (χ0n) is 11.9. The standard InChI is InChI=1S/C16H18Cl2N2/c1-10-6-11(2)16(20-9-10)15(19-3)8-12-7-13(17)4-5-14(12)18/h4-7,9,15,19H,8H2,1-3H3. The lowest BCUT2D eigenvalue weighted by Crippen LogP contribution is -2.21. The Labute approximate surface area is 130 Å². The van der Waals surface area contributed by atoms with Gasteiger partial charge in [-0.2, -0.15) is 0 Å². The molecule has 106 valence electrons. The Morgan fingerprint density at radius 2 is 1.95 bits per heavy atom. The number of likely N-dealkylation sites (N-methyl/N-ethyl adjacent to an activating group) is 1. The van der Waals surface area contributed by atoms with E-state index in [2.05, 4.69) is 23.3 Å². The molecule has 4 heteroatoms. The van der Waals surface area contributed by atoms with Crippen molar-refractivity contribution in [2.24, 2.45) is 0 Å². The molecule has 0 fully saturated rings. The minimum atomic E-state index is 0.117. The Bertz CT molecular complexity index is 611. The van der Waals surface area contributed by atoms with Gasteiger partial charge in [0.1, 0.15) is 0 Å². The van der Waals surface area contributed by atoms with Gasteiger partial charge in [-0.1, -0.05) is 29.3 Å². The van der Waals surface area contributed by atoms with Gasteiger partial charge < -0.3 is 5.32 Å². The fraction of sp³-hybridized carbons (Fsp3) is 0.312. The number of nitrogens with one attached hydrogen (secondary N) is 1. The van der Waals surface area contributed by atoms with Gasteiger partial charge >= 0.3 is 0 Å². The fourth-order valence-corrected chi connectivity index (χ4v) is 2.74. The lowest BCUT2D eigenvalue weighted by Gasteiger charge is -2.19. The summed E-state index contributed by atoms with van der Waals surface area (Å²) in [5, 5.41) is 4.75. The van der Waals surface area contributed by atoms with Crippen molar-refractivity contribution in [3.05, 3.63) is 62.9 Å². The molecule has 1 heterocycles. The van der Waals surface area contributed by atoms with Crippen LogP contribution in [0.25, 0.3) is 0 Å². The highest BCUT2D eigenvalue weighted by Gasteiger charge is 2.16. The Hall–Kier alpha value is -1.09. The van der Waals surface area contributed by atoms with E-state index in [1.54, 1.807) is 6.07 Å². The third-order valence-corrected chi connectivity index (χ3v) is 3.97. The van der Waals surface area contributed by atoms with E-state index in [1.165, 1.54) is 11.1 Å². The molecule has 0 aliphatic heterocycles. The van der Waals surface area contributed by atoms with Crippen LogP contribution in [-0.4, -0.2) is 12.0 Å². The molecular weight excluding hydrogens is 291 g/mol. The second-order valence-electron chi connectivity index (χ2n) is 5.00. The highest BCUT2D eigenvalue weighted by molar-refractivity contribution is 6.33. The molecule has 0 amide bonds. The van der Waals surface area contributed by atoms with Crippen molar-refractivity contribution in [3.8, 4) is 0 Å². The van der Waals surface area contributed by atoms with E-state index in [9.17, 15) is 0 Å². The Morgan fingerprint density at radius 3 is 2.60 bits per heavy atom. The number of rotatable bonds is 4. The molecule has 0 saturated heterocycles. The van der Waals surface area contributed by atoms with Crippen molar-refractivity contribution in [3.63, 3.8) is 0 Å². The van der Waals surface area contributed by atoms with Crippen molar-refractivity contribution in [2.75, 3.05) is 7.05 Å². The second-order valence-corrected chi connectivity index (χ2v) is 5.84. The topological polar surface area (TPSA) is 24.9 Å². The Kier molecular flexibility index (Phi) is 5.03. The first-order chi connectivity index (χ1) is 9.51. The molecule has 2 aromatic rings. The van der Waals surface area contributed by atoms with Crippen LogP contribution in [0.5, 0.6) is 0 Å². The summed E-state index contributed by atoms with van der Waals surface area (Å²) in [5.74, 6) is 0. The fourth-order valence-electron chi connectivity index (χ4n) is 2.35. The summed E-state index contributed by atoms with van der Waals surface area (Å²) in [5.41, 5.74) is 4.43. The van der Waals surface area contributed by atoms with Crippen LogP contribution in [0.15, 0.2) is 30.5 Å². The van der Waals surface area contributed by atoms with E-state index >= 15 is 0 Å². The maximum atomic E-state index is 6.24. The summed E-state index contributed by atoms with van der Waals surface area (Å²) in [6, 6.07) is 7.81. The van der Waals surface area contributed by atoms with E-state index < -0.39 is 0 Å². The molecule has 1 N–H and O–H groups in total. The molecule has 0 saturated carbocycles. The lowest BCUT2D eigenvalue weighted by atomic mass is 9.99. The molecule has 0 radical (unpaired) electrons. The van der Waals surface area contributed by atoms with E-state index in [-0.39, 0.29) is 6.04 Å². The van der Waals surface area contributed by atoms with Crippen LogP contribution < -0.4 is 5.32 Å². The zero-order chi connectivity index (χ0) is 14.7. The van der Waals surface area contributed by atoms with Crippen molar-refractivity contribution in [2.45, 2.75) is 26.3 Å². The Balaban J connectivity index is 2.31. The lowest BCUT2D eigenvalue weighted by molar-refractivity contribution is 0.572. The van der Waals surface area contributed by atoms with Crippen LogP contribution in [0, 0.1) is 13.8 Å². The summed E-state index contributed by atoms with van der Waals surface area (Å²) in [4.78, 5) is 4.56. The largest absolute Gasteiger partial charge is 0.311 e. The molecule has 1 aromatic heterocycles. The average molecular weight is 309 g/mol. The maximum Gasteiger partial charge on any atom is 0.0605 e. The van der Waals surface area contributed by atoms with Gasteiger partial charge in [-0.25, -0.2) is 0 Å². The molecule has 1 unspecified atom stereocenters. The van der Waals surface area contributed by atoms with Gasteiger partial charge in [0.2, 0.25) is 0 Å². The summed E-state index contributed by atoms with van der Waals surface area (Å²) in [6.45, 7) is 4.13. The normalized spacial score (nSPS) is 12.4. The quantitative estimate of drug-likeness (QED) is 0.899. The van der Waals surface area contributed by atoms with Gasteiger partial charge in [0, 0.05) is 16.2 Å². The van der Waals surface area contributed by atoms with E-state index in [0.29, 0.717) is 5.02 Å². The van der Waals surface area contributed by atoms with Crippen LogP contribution in [0.2, 0.25) is 10.0 Å². The average Bonchev–Trinajstić information content (AvgIpc) is 2.40. The van der Waals surface area contributed by atoms with Gasteiger partial charge in [-0.15, -0.1) is 0 Å². The predicted octanol–water partition coefficient (Wildman–Crippen LogP) is 4.51. The summed E-state index contributed by atoms with van der Waals surface area (Å²) in [7, 11) is 1.93.